The number of carboxylic acids is 1. The zero-order valence-electron chi connectivity index (χ0n) is 10.3. The molecule has 1 aromatic carbocycles. The lowest BCUT2D eigenvalue weighted by atomic mass is 10.1. The summed E-state index contributed by atoms with van der Waals surface area (Å²) in [5.41, 5.74) is 7.00. The summed E-state index contributed by atoms with van der Waals surface area (Å²) in [7, 11) is 0. The number of carbonyl (C=O) groups is 2. The lowest BCUT2D eigenvalue weighted by molar-refractivity contribution is -0.133. The van der Waals surface area contributed by atoms with Crippen LogP contribution in [0.4, 0.5) is 0 Å². The molecule has 0 aliphatic carbocycles. The Hall–Kier alpha value is -2.30. The zero-order valence-corrected chi connectivity index (χ0v) is 10.3. The van der Waals surface area contributed by atoms with E-state index < -0.39 is 11.9 Å². The number of ether oxygens (including phenoxy) is 1. The van der Waals surface area contributed by atoms with Gasteiger partial charge in [0.25, 0.3) is 0 Å². The number of nitrogens with two attached hydrogens (primary N) is 1. The van der Waals surface area contributed by atoms with Gasteiger partial charge in [0, 0.05) is 5.56 Å². The van der Waals surface area contributed by atoms with Crippen molar-refractivity contribution in [1.29, 1.82) is 0 Å². The van der Waals surface area contributed by atoms with E-state index in [4.69, 9.17) is 15.6 Å². The molecule has 1 rings (SSSR count). The van der Waals surface area contributed by atoms with E-state index in [0.29, 0.717) is 11.3 Å². The third-order valence-electron chi connectivity index (χ3n) is 2.44. The number of aliphatic carboxylic acids is 1. The van der Waals surface area contributed by atoms with Gasteiger partial charge in [-0.05, 0) is 37.1 Å². The van der Waals surface area contributed by atoms with E-state index >= 15 is 0 Å². The van der Waals surface area contributed by atoms with Crippen molar-refractivity contribution in [2.45, 2.75) is 13.8 Å². The normalized spacial score (nSPS) is 9.89. The van der Waals surface area contributed by atoms with E-state index in [-0.39, 0.29) is 12.2 Å². The average Bonchev–Trinajstić information content (AvgIpc) is 2.26. The van der Waals surface area contributed by atoms with E-state index in [1.807, 2.05) is 0 Å². The Labute approximate surface area is 105 Å². The fourth-order valence-electron chi connectivity index (χ4n) is 1.54. The van der Waals surface area contributed by atoms with Crippen LogP contribution in [0.15, 0.2) is 24.3 Å². The number of hydrogen-bond donors (Lipinski definition) is 2. The average molecular weight is 249 g/mol. The topological polar surface area (TPSA) is 89.6 Å². The molecule has 0 heterocycles. The fraction of sp³-hybridized carbons (Fsp3) is 0.231. The highest BCUT2D eigenvalue weighted by Crippen LogP contribution is 2.25. The van der Waals surface area contributed by atoms with Crippen molar-refractivity contribution >= 4 is 11.9 Å². The third-order valence-corrected chi connectivity index (χ3v) is 2.44. The van der Waals surface area contributed by atoms with Crippen molar-refractivity contribution in [2.75, 3.05) is 6.61 Å². The predicted molar refractivity (Wildman–Crippen MR) is 66.7 cm³/mol. The summed E-state index contributed by atoms with van der Waals surface area (Å²) in [6, 6.07) is 3.21. The van der Waals surface area contributed by atoms with Gasteiger partial charge in [-0.2, -0.15) is 0 Å². The Bertz CT molecular complexity index is 497. The van der Waals surface area contributed by atoms with Crippen molar-refractivity contribution in [3.05, 3.63) is 41.0 Å². The van der Waals surface area contributed by atoms with Crippen LogP contribution >= 0.6 is 0 Å². The van der Waals surface area contributed by atoms with E-state index in [9.17, 15) is 9.59 Å². The van der Waals surface area contributed by atoms with Crippen LogP contribution in [0.2, 0.25) is 0 Å². The molecule has 18 heavy (non-hydrogen) atoms. The maximum Gasteiger partial charge on any atom is 0.334 e. The molecular weight excluding hydrogens is 234 g/mol. The summed E-state index contributed by atoms with van der Waals surface area (Å²) in [6.45, 7) is 6.80. The van der Waals surface area contributed by atoms with Gasteiger partial charge < -0.3 is 15.6 Å². The summed E-state index contributed by atoms with van der Waals surface area (Å²) in [6.07, 6.45) is 0. The summed E-state index contributed by atoms with van der Waals surface area (Å²) in [5.74, 6) is -1.07. The molecule has 96 valence electrons. The number of rotatable bonds is 5. The highest BCUT2D eigenvalue weighted by molar-refractivity contribution is 5.93. The quantitative estimate of drug-likeness (QED) is 0.772. The first-order chi connectivity index (χ1) is 8.32. The van der Waals surface area contributed by atoms with Gasteiger partial charge in [-0.25, -0.2) is 4.79 Å². The van der Waals surface area contributed by atoms with Gasteiger partial charge in [0.1, 0.15) is 12.4 Å². The molecule has 0 fully saturated rings. The molecule has 0 spiro atoms. The van der Waals surface area contributed by atoms with Gasteiger partial charge >= 0.3 is 5.97 Å². The van der Waals surface area contributed by atoms with Crippen LogP contribution in [0.1, 0.15) is 21.5 Å². The van der Waals surface area contributed by atoms with E-state index in [0.717, 1.165) is 11.1 Å². The Balaban J connectivity index is 2.94. The number of benzene rings is 1. The molecule has 5 nitrogen and oxygen atoms in total. The minimum Gasteiger partial charge on any atom is -0.488 e. The van der Waals surface area contributed by atoms with Crippen LogP contribution in [0, 0.1) is 13.8 Å². The standard InChI is InChI=1S/C13H15NO4/c1-7-4-10(12(14)15)5-8(2)11(7)18-6-9(3)13(16)17/h4-5H,3,6H2,1-2H3,(H2,14,15)(H,16,17). The summed E-state index contributed by atoms with van der Waals surface area (Å²) in [5, 5.41) is 8.67. The molecule has 0 bridgehead atoms. The Morgan fingerprint density at radius 1 is 1.33 bits per heavy atom. The van der Waals surface area contributed by atoms with Gasteiger partial charge in [-0.3, -0.25) is 4.79 Å². The van der Waals surface area contributed by atoms with Gasteiger partial charge in [-0.1, -0.05) is 6.58 Å². The summed E-state index contributed by atoms with van der Waals surface area (Å²) in [4.78, 5) is 21.7. The maximum absolute atomic E-state index is 11.1. The number of carbonyl (C=O) groups excluding carboxylic acids is 1. The molecule has 1 amide bonds. The summed E-state index contributed by atoms with van der Waals surface area (Å²) >= 11 is 0. The Morgan fingerprint density at radius 2 is 1.83 bits per heavy atom. The van der Waals surface area contributed by atoms with Gasteiger partial charge in [0.2, 0.25) is 5.91 Å². The first-order valence-corrected chi connectivity index (χ1v) is 5.28. The monoisotopic (exact) mass is 249 g/mol. The largest absolute Gasteiger partial charge is 0.488 e. The van der Waals surface area contributed by atoms with Crippen LogP contribution < -0.4 is 10.5 Å². The molecule has 0 aliphatic heterocycles. The third kappa shape index (κ3) is 3.10. The van der Waals surface area contributed by atoms with Crippen LogP contribution in [-0.4, -0.2) is 23.6 Å². The van der Waals surface area contributed by atoms with Crippen molar-refractivity contribution in [3.63, 3.8) is 0 Å². The molecule has 0 saturated carbocycles. The van der Waals surface area contributed by atoms with Crippen LogP contribution in [0.25, 0.3) is 0 Å². The lowest BCUT2D eigenvalue weighted by Crippen LogP contribution is -2.13. The van der Waals surface area contributed by atoms with Gasteiger partial charge in [0.15, 0.2) is 0 Å². The Morgan fingerprint density at radius 3 is 2.22 bits per heavy atom. The molecule has 5 heteroatoms. The van der Waals surface area contributed by atoms with Crippen molar-refractivity contribution < 1.29 is 19.4 Å². The second kappa shape index (κ2) is 5.35. The molecule has 0 aromatic heterocycles. The maximum atomic E-state index is 11.1. The van der Waals surface area contributed by atoms with Crippen LogP contribution in [0.3, 0.4) is 0 Å². The van der Waals surface area contributed by atoms with Crippen molar-refractivity contribution in [3.8, 4) is 5.75 Å². The van der Waals surface area contributed by atoms with E-state index in [2.05, 4.69) is 6.58 Å². The zero-order chi connectivity index (χ0) is 13.9. The van der Waals surface area contributed by atoms with Gasteiger partial charge in [0.05, 0.1) is 5.57 Å². The number of carboxylic acid groups (broad SMARTS) is 1. The number of aryl methyl sites for hydroxylation is 2. The molecule has 0 atom stereocenters. The fourth-order valence-corrected chi connectivity index (χ4v) is 1.54. The van der Waals surface area contributed by atoms with Crippen molar-refractivity contribution in [1.82, 2.24) is 0 Å². The molecule has 1 aromatic rings. The van der Waals surface area contributed by atoms with E-state index in [1.165, 1.54) is 0 Å². The highest BCUT2D eigenvalue weighted by Gasteiger charge is 2.11. The highest BCUT2D eigenvalue weighted by atomic mass is 16.5. The first kappa shape index (κ1) is 13.8. The molecule has 0 radical (unpaired) electrons. The van der Waals surface area contributed by atoms with E-state index in [1.54, 1.807) is 26.0 Å². The molecule has 3 N–H and O–H groups in total. The number of hydrogen-bond acceptors (Lipinski definition) is 3. The van der Waals surface area contributed by atoms with Crippen LogP contribution in [-0.2, 0) is 4.79 Å². The molecular formula is C13H15NO4. The molecule has 0 aliphatic rings. The van der Waals surface area contributed by atoms with Crippen LogP contribution in [0.5, 0.6) is 5.75 Å². The van der Waals surface area contributed by atoms with Gasteiger partial charge in [-0.15, -0.1) is 0 Å². The number of primary amides is 1. The minimum absolute atomic E-state index is 0.0345. The second-order valence-electron chi connectivity index (χ2n) is 4.00. The van der Waals surface area contributed by atoms with Crippen molar-refractivity contribution in [2.24, 2.45) is 5.73 Å². The SMILES string of the molecule is C=C(COc1c(C)cc(C(N)=O)cc1C)C(=O)O. The smallest absolute Gasteiger partial charge is 0.334 e. The summed E-state index contributed by atoms with van der Waals surface area (Å²) < 4.78 is 5.39. The molecule has 0 unspecified atom stereocenters. The molecule has 0 saturated heterocycles. The predicted octanol–water partition coefficient (Wildman–Crippen LogP) is 1.42. The minimum atomic E-state index is -1.10. The first-order valence-electron chi connectivity index (χ1n) is 5.28. The number of amides is 1. The Kier molecular flexibility index (Phi) is 4.09. The lowest BCUT2D eigenvalue weighted by Gasteiger charge is -2.13. The second-order valence-corrected chi connectivity index (χ2v) is 4.00.